The van der Waals surface area contributed by atoms with Crippen LogP contribution in [0.2, 0.25) is 0 Å². The molecule has 1 heterocycles. The van der Waals surface area contributed by atoms with E-state index in [2.05, 4.69) is 0 Å². The van der Waals surface area contributed by atoms with Crippen LogP contribution in [0, 0.1) is 5.92 Å². The molecule has 28 heavy (non-hydrogen) atoms. The molecule has 0 saturated heterocycles. The average Bonchev–Trinajstić information content (AvgIpc) is 3.12. The van der Waals surface area contributed by atoms with E-state index >= 15 is 0 Å². The van der Waals surface area contributed by atoms with Crippen molar-refractivity contribution in [2.45, 2.75) is 31.0 Å². The Morgan fingerprint density at radius 3 is 2.32 bits per heavy atom. The van der Waals surface area contributed by atoms with Crippen molar-refractivity contribution in [3.8, 4) is 17.2 Å². The van der Waals surface area contributed by atoms with E-state index in [0.29, 0.717) is 18.6 Å². The highest BCUT2D eigenvalue weighted by Crippen LogP contribution is 2.55. The molecule has 2 aromatic rings. The van der Waals surface area contributed by atoms with Crippen LogP contribution in [0.3, 0.4) is 0 Å². The molecule has 4 rings (SSSR count). The summed E-state index contributed by atoms with van der Waals surface area (Å²) >= 11 is 0. The van der Waals surface area contributed by atoms with E-state index in [9.17, 15) is 4.39 Å². The lowest BCUT2D eigenvalue weighted by atomic mass is 9.80. The number of methoxy groups -OCH3 is 2. The monoisotopic (exact) mass is 388 g/mol. The van der Waals surface area contributed by atoms with Gasteiger partial charge in [0.15, 0.2) is 13.6 Å². The molecule has 0 aromatic heterocycles. The van der Waals surface area contributed by atoms with Crippen LogP contribution in [0.4, 0.5) is 4.39 Å². The van der Waals surface area contributed by atoms with E-state index < -0.39 is 6.17 Å². The molecule has 6 heteroatoms. The van der Waals surface area contributed by atoms with Gasteiger partial charge in [-0.1, -0.05) is 12.1 Å². The molecule has 1 aliphatic carbocycles. The third-order valence-electron chi connectivity index (χ3n) is 5.47. The molecule has 0 unspecified atom stereocenters. The number of halogens is 1. The Morgan fingerprint density at radius 1 is 0.929 bits per heavy atom. The van der Waals surface area contributed by atoms with Crippen LogP contribution < -0.4 is 14.2 Å². The standard InChI is InChI=1S/C22H25FO5/c1-24-12-26-16-5-3-14(4-6-16)22-20-10-15(23)9-18(20)19-11-17(27-13-25-2)7-8-21(19)28-22/h3-8,11,15,18,20,22H,9-10,12-13H2,1-2H3/t15-,18+,20+,22+/m1/s1. The second kappa shape index (κ2) is 8.37. The summed E-state index contributed by atoms with van der Waals surface area (Å²) in [4.78, 5) is 0. The fraction of sp³-hybridized carbons (Fsp3) is 0.455. The topological polar surface area (TPSA) is 46.2 Å². The van der Waals surface area contributed by atoms with Crippen LogP contribution in [-0.2, 0) is 9.47 Å². The van der Waals surface area contributed by atoms with E-state index in [0.717, 1.165) is 22.6 Å². The normalized spacial score (nSPS) is 25.5. The van der Waals surface area contributed by atoms with Crippen molar-refractivity contribution in [2.24, 2.45) is 5.92 Å². The first kappa shape index (κ1) is 19.0. The first-order valence-corrected chi connectivity index (χ1v) is 9.47. The minimum absolute atomic E-state index is 0.0888. The Morgan fingerprint density at radius 2 is 1.61 bits per heavy atom. The molecular formula is C22H25FO5. The van der Waals surface area contributed by atoms with Crippen LogP contribution in [-0.4, -0.2) is 34.0 Å². The predicted octanol–water partition coefficient (Wildman–Crippen LogP) is 4.62. The lowest BCUT2D eigenvalue weighted by molar-refractivity contribution is 0.0502. The summed E-state index contributed by atoms with van der Waals surface area (Å²) < 4.78 is 41.6. The number of benzene rings is 2. The molecule has 0 amide bonds. The molecule has 1 saturated carbocycles. The molecule has 150 valence electrons. The van der Waals surface area contributed by atoms with Gasteiger partial charge in [-0.3, -0.25) is 0 Å². The largest absolute Gasteiger partial charge is 0.485 e. The SMILES string of the molecule is COCOc1ccc([C@@H]2Oc3ccc(OCOC)cc3[C@@H]3C[C@@H](F)C[C@@H]32)cc1. The second-order valence-corrected chi connectivity index (χ2v) is 7.25. The van der Waals surface area contributed by atoms with Gasteiger partial charge in [-0.15, -0.1) is 0 Å². The van der Waals surface area contributed by atoms with Crippen LogP contribution in [0.1, 0.15) is 36.0 Å². The molecule has 1 aliphatic heterocycles. The molecule has 0 N–H and O–H groups in total. The van der Waals surface area contributed by atoms with E-state index in [1.807, 2.05) is 42.5 Å². The Kier molecular flexibility index (Phi) is 5.69. The van der Waals surface area contributed by atoms with Gasteiger partial charge in [-0.25, -0.2) is 4.39 Å². The third kappa shape index (κ3) is 3.80. The van der Waals surface area contributed by atoms with Gasteiger partial charge in [0.25, 0.3) is 0 Å². The van der Waals surface area contributed by atoms with Crippen LogP contribution in [0.15, 0.2) is 42.5 Å². The third-order valence-corrected chi connectivity index (χ3v) is 5.47. The summed E-state index contributed by atoms with van der Waals surface area (Å²) in [5.74, 6) is 2.44. The Hall–Kier alpha value is -2.31. The Bertz CT molecular complexity index is 794. The zero-order chi connectivity index (χ0) is 19.5. The van der Waals surface area contributed by atoms with Gasteiger partial charge < -0.3 is 23.7 Å². The zero-order valence-electron chi connectivity index (χ0n) is 16.1. The van der Waals surface area contributed by atoms with E-state index in [-0.39, 0.29) is 31.5 Å². The Labute approximate surface area is 164 Å². The van der Waals surface area contributed by atoms with Crippen molar-refractivity contribution >= 4 is 0 Å². The van der Waals surface area contributed by atoms with Crippen molar-refractivity contribution in [2.75, 3.05) is 27.8 Å². The van der Waals surface area contributed by atoms with Crippen LogP contribution in [0.25, 0.3) is 0 Å². The predicted molar refractivity (Wildman–Crippen MR) is 102 cm³/mol. The van der Waals surface area contributed by atoms with Gasteiger partial charge in [0, 0.05) is 25.7 Å². The maximum atomic E-state index is 14.4. The fourth-order valence-corrected chi connectivity index (χ4v) is 4.26. The summed E-state index contributed by atoms with van der Waals surface area (Å²) in [6, 6.07) is 13.5. The lowest BCUT2D eigenvalue weighted by Crippen LogP contribution is -2.26. The number of hydrogen-bond donors (Lipinski definition) is 0. The summed E-state index contributed by atoms with van der Waals surface area (Å²) in [6.07, 6.45) is 0.0144. The van der Waals surface area contributed by atoms with E-state index in [4.69, 9.17) is 23.7 Å². The molecule has 2 aromatic carbocycles. The van der Waals surface area contributed by atoms with Crippen molar-refractivity contribution in [3.63, 3.8) is 0 Å². The molecule has 5 nitrogen and oxygen atoms in total. The molecule has 0 radical (unpaired) electrons. The van der Waals surface area contributed by atoms with Gasteiger partial charge in [0.1, 0.15) is 29.5 Å². The number of hydrogen-bond acceptors (Lipinski definition) is 5. The summed E-state index contributed by atoms with van der Waals surface area (Å²) in [7, 11) is 3.17. The summed E-state index contributed by atoms with van der Waals surface area (Å²) in [5.41, 5.74) is 2.05. The quantitative estimate of drug-likeness (QED) is 0.648. The Balaban J connectivity index is 1.60. The number of alkyl halides is 1. The van der Waals surface area contributed by atoms with Crippen molar-refractivity contribution in [1.82, 2.24) is 0 Å². The summed E-state index contributed by atoms with van der Waals surface area (Å²) in [5, 5.41) is 0. The number of rotatable bonds is 7. The highest BCUT2D eigenvalue weighted by Gasteiger charge is 2.46. The summed E-state index contributed by atoms with van der Waals surface area (Å²) in [6.45, 7) is 0.383. The van der Waals surface area contributed by atoms with Crippen molar-refractivity contribution < 1.29 is 28.1 Å². The van der Waals surface area contributed by atoms with Gasteiger partial charge in [-0.05, 0) is 54.7 Å². The van der Waals surface area contributed by atoms with Crippen LogP contribution in [0.5, 0.6) is 17.2 Å². The molecule has 0 spiro atoms. The molecule has 0 bridgehead atoms. The van der Waals surface area contributed by atoms with Gasteiger partial charge in [-0.2, -0.15) is 0 Å². The highest BCUT2D eigenvalue weighted by molar-refractivity contribution is 5.46. The molecule has 2 aliphatic rings. The van der Waals surface area contributed by atoms with Gasteiger partial charge in [0.2, 0.25) is 0 Å². The fourth-order valence-electron chi connectivity index (χ4n) is 4.26. The smallest absolute Gasteiger partial charge is 0.188 e. The lowest BCUT2D eigenvalue weighted by Gasteiger charge is -2.36. The molecular weight excluding hydrogens is 363 g/mol. The van der Waals surface area contributed by atoms with Crippen molar-refractivity contribution in [1.29, 1.82) is 0 Å². The first-order valence-electron chi connectivity index (χ1n) is 9.47. The maximum absolute atomic E-state index is 14.4. The maximum Gasteiger partial charge on any atom is 0.188 e. The second-order valence-electron chi connectivity index (χ2n) is 7.25. The average molecular weight is 388 g/mol. The minimum Gasteiger partial charge on any atom is -0.485 e. The van der Waals surface area contributed by atoms with Crippen molar-refractivity contribution in [3.05, 3.63) is 53.6 Å². The number of ether oxygens (including phenoxy) is 5. The first-order chi connectivity index (χ1) is 13.7. The number of fused-ring (bicyclic) bond motifs is 3. The minimum atomic E-state index is -0.820. The zero-order valence-corrected chi connectivity index (χ0v) is 16.1. The van der Waals surface area contributed by atoms with Gasteiger partial charge in [0.05, 0.1) is 0 Å². The van der Waals surface area contributed by atoms with Crippen LogP contribution >= 0.6 is 0 Å². The highest BCUT2D eigenvalue weighted by atomic mass is 19.1. The van der Waals surface area contributed by atoms with E-state index in [1.54, 1.807) is 14.2 Å². The van der Waals surface area contributed by atoms with E-state index in [1.165, 1.54) is 0 Å². The molecule has 1 fully saturated rings. The van der Waals surface area contributed by atoms with Gasteiger partial charge >= 0.3 is 0 Å². The molecule has 4 atom stereocenters.